The minimum atomic E-state index is -0.0298. The lowest BCUT2D eigenvalue weighted by Crippen LogP contribution is -2.44. The van der Waals surface area contributed by atoms with E-state index in [-0.39, 0.29) is 11.9 Å². The van der Waals surface area contributed by atoms with Gasteiger partial charge in [0.1, 0.15) is 0 Å². The summed E-state index contributed by atoms with van der Waals surface area (Å²) in [5.41, 5.74) is 7.19. The molecule has 4 nitrogen and oxygen atoms in total. The molecule has 0 unspecified atom stereocenters. The molecule has 2 rings (SSSR count). The van der Waals surface area contributed by atoms with Gasteiger partial charge in [0.25, 0.3) is 5.91 Å². The average molecular weight is 268 g/mol. The van der Waals surface area contributed by atoms with Crippen molar-refractivity contribution in [2.45, 2.75) is 24.9 Å². The Morgan fingerprint density at radius 3 is 2.67 bits per heavy atom. The van der Waals surface area contributed by atoms with Crippen LogP contribution in [0.3, 0.4) is 0 Å². The molecule has 0 bridgehead atoms. The van der Waals surface area contributed by atoms with Gasteiger partial charge < -0.3 is 16.0 Å². The van der Waals surface area contributed by atoms with Crippen molar-refractivity contribution in [1.29, 1.82) is 0 Å². The molecular weight excluding hydrogens is 250 g/mol. The van der Waals surface area contributed by atoms with Gasteiger partial charge in [-0.2, -0.15) is 0 Å². The Balaban J connectivity index is 2.21. The first kappa shape index (κ1) is 13.2. The third-order valence-corrected chi connectivity index (χ3v) is 3.39. The van der Waals surface area contributed by atoms with Crippen LogP contribution in [-0.4, -0.2) is 37.0 Å². The molecule has 1 aliphatic rings. The molecule has 3 N–H and O–H groups in total. The zero-order valence-electron chi connectivity index (χ0n) is 10.6. The maximum absolute atomic E-state index is 12.0. The van der Waals surface area contributed by atoms with Gasteiger partial charge in [0.15, 0.2) is 0 Å². The van der Waals surface area contributed by atoms with Gasteiger partial charge in [0.2, 0.25) is 0 Å². The second-order valence-electron chi connectivity index (χ2n) is 4.96. The molecule has 18 heavy (non-hydrogen) atoms. The smallest absolute Gasteiger partial charge is 0.255 e. The largest absolute Gasteiger partial charge is 0.382 e. The minimum absolute atomic E-state index is 0.0298. The van der Waals surface area contributed by atoms with Crippen molar-refractivity contribution in [3.8, 4) is 0 Å². The molecule has 0 aliphatic heterocycles. The van der Waals surface area contributed by atoms with E-state index in [1.807, 2.05) is 0 Å². The Bertz CT molecular complexity index is 456. The molecule has 0 aromatic heterocycles. The average Bonchev–Trinajstić information content (AvgIpc) is 2.26. The lowest BCUT2D eigenvalue weighted by molar-refractivity contribution is 0.0828. The van der Waals surface area contributed by atoms with Crippen molar-refractivity contribution in [2.75, 3.05) is 19.4 Å². The summed E-state index contributed by atoms with van der Waals surface area (Å²) < 4.78 is 0. The predicted molar refractivity (Wildman–Crippen MR) is 74.1 cm³/mol. The van der Waals surface area contributed by atoms with Crippen LogP contribution in [-0.2, 0) is 0 Å². The van der Waals surface area contributed by atoms with Crippen LogP contribution in [0.5, 0.6) is 0 Å². The second-order valence-corrected chi connectivity index (χ2v) is 5.40. The number of hydrogen-bond donors (Lipinski definition) is 2. The van der Waals surface area contributed by atoms with Crippen molar-refractivity contribution in [3.63, 3.8) is 0 Å². The zero-order chi connectivity index (χ0) is 13.3. The van der Waals surface area contributed by atoms with Crippen LogP contribution in [0.1, 0.15) is 23.2 Å². The van der Waals surface area contributed by atoms with E-state index in [2.05, 4.69) is 5.32 Å². The molecule has 5 heteroatoms. The fraction of sp³-hybridized carbons (Fsp3) is 0.462. The number of nitrogens with zero attached hydrogens (tertiary/aromatic N) is 1. The van der Waals surface area contributed by atoms with Crippen LogP contribution in [0.15, 0.2) is 18.2 Å². The normalized spacial score (nSPS) is 22.2. The number of amides is 1. The van der Waals surface area contributed by atoms with Crippen molar-refractivity contribution in [2.24, 2.45) is 5.73 Å². The van der Waals surface area contributed by atoms with Gasteiger partial charge in [-0.1, -0.05) is 11.6 Å². The number of anilines is 1. The van der Waals surface area contributed by atoms with E-state index in [9.17, 15) is 4.79 Å². The van der Waals surface area contributed by atoms with Gasteiger partial charge in [-0.3, -0.25) is 4.79 Å². The number of benzene rings is 1. The fourth-order valence-electron chi connectivity index (χ4n) is 2.06. The Hall–Kier alpha value is -1.26. The van der Waals surface area contributed by atoms with E-state index >= 15 is 0 Å². The number of nitrogens with one attached hydrogen (secondary N) is 1. The topological polar surface area (TPSA) is 58.4 Å². The lowest BCUT2D eigenvalue weighted by atomic mass is 9.87. The third kappa shape index (κ3) is 2.76. The Morgan fingerprint density at radius 1 is 1.44 bits per heavy atom. The van der Waals surface area contributed by atoms with E-state index in [1.54, 1.807) is 37.2 Å². The van der Waals surface area contributed by atoms with Gasteiger partial charge >= 0.3 is 0 Å². The maximum Gasteiger partial charge on any atom is 0.255 e. The van der Waals surface area contributed by atoms with E-state index < -0.39 is 0 Å². The molecule has 1 aromatic rings. The first-order valence-electron chi connectivity index (χ1n) is 6.00. The molecule has 0 heterocycles. The summed E-state index contributed by atoms with van der Waals surface area (Å²) in [5.74, 6) is -0.0298. The molecule has 1 fully saturated rings. The van der Waals surface area contributed by atoms with Gasteiger partial charge in [-0.05, 0) is 31.0 Å². The minimum Gasteiger partial charge on any atom is -0.382 e. The van der Waals surface area contributed by atoms with Crippen molar-refractivity contribution in [1.82, 2.24) is 4.90 Å². The highest BCUT2D eigenvalue weighted by molar-refractivity contribution is 6.31. The van der Waals surface area contributed by atoms with E-state index in [1.165, 1.54) is 0 Å². The van der Waals surface area contributed by atoms with Crippen molar-refractivity contribution < 1.29 is 4.79 Å². The SMILES string of the molecule is CN(C)C(=O)c1ccc(Cl)cc1NC1CC(N)C1. The third-order valence-electron chi connectivity index (χ3n) is 3.15. The molecule has 1 aliphatic carbocycles. The van der Waals surface area contributed by atoms with Gasteiger partial charge in [0.05, 0.1) is 5.56 Å². The van der Waals surface area contributed by atoms with Crippen LogP contribution in [0.2, 0.25) is 5.02 Å². The van der Waals surface area contributed by atoms with Crippen LogP contribution >= 0.6 is 11.6 Å². The Labute approximate surface area is 112 Å². The van der Waals surface area contributed by atoms with Gasteiger partial charge in [0, 0.05) is 36.9 Å². The first-order chi connectivity index (χ1) is 8.47. The molecule has 0 atom stereocenters. The highest BCUT2D eigenvalue weighted by Gasteiger charge is 2.27. The number of rotatable bonds is 3. The van der Waals surface area contributed by atoms with E-state index in [0.717, 1.165) is 18.5 Å². The number of halogens is 1. The highest BCUT2D eigenvalue weighted by Crippen LogP contribution is 2.27. The van der Waals surface area contributed by atoms with Gasteiger partial charge in [-0.25, -0.2) is 0 Å². The molecule has 1 saturated carbocycles. The number of carbonyl (C=O) groups is 1. The lowest BCUT2D eigenvalue weighted by Gasteiger charge is -2.34. The Kier molecular flexibility index (Phi) is 3.78. The summed E-state index contributed by atoms with van der Waals surface area (Å²) in [7, 11) is 3.47. The monoisotopic (exact) mass is 267 g/mol. The van der Waals surface area contributed by atoms with E-state index in [0.29, 0.717) is 16.6 Å². The molecule has 1 aromatic carbocycles. The predicted octanol–water partition coefficient (Wildman–Crippen LogP) is 1.94. The molecule has 1 amide bonds. The zero-order valence-corrected chi connectivity index (χ0v) is 11.4. The quantitative estimate of drug-likeness (QED) is 0.880. The second kappa shape index (κ2) is 5.16. The molecular formula is C13H18ClN3O. The van der Waals surface area contributed by atoms with Crippen LogP contribution in [0, 0.1) is 0 Å². The summed E-state index contributed by atoms with van der Waals surface area (Å²) in [5, 5.41) is 3.96. The maximum atomic E-state index is 12.0. The van der Waals surface area contributed by atoms with Crippen LogP contribution in [0.4, 0.5) is 5.69 Å². The summed E-state index contributed by atoms with van der Waals surface area (Å²) in [6.07, 6.45) is 1.87. The number of carbonyl (C=O) groups excluding carboxylic acids is 1. The van der Waals surface area contributed by atoms with Crippen molar-refractivity contribution in [3.05, 3.63) is 28.8 Å². The number of nitrogens with two attached hydrogens (primary N) is 1. The fourth-order valence-corrected chi connectivity index (χ4v) is 2.24. The van der Waals surface area contributed by atoms with Gasteiger partial charge in [-0.15, -0.1) is 0 Å². The molecule has 0 spiro atoms. The summed E-state index contributed by atoms with van der Waals surface area (Å²) in [4.78, 5) is 13.6. The highest BCUT2D eigenvalue weighted by atomic mass is 35.5. The summed E-state index contributed by atoms with van der Waals surface area (Å²) >= 11 is 5.98. The number of hydrogen-bond acceptors (Lipinski definition) is 3. The summed E-state index contributed by atoms with van der Waals surface area (Å²) in [6, 6.07) is 5.89. The molecule has 0 saturated heterocycles. The van der Waals surface area contributed by atoms with E-state index in [4.69, 9.17) is 17.3 Å². The van der Waals surface area contributed by atoms with Crippen molar-refractivity contribution >= 4 is 23.2 Å². The summed E-state index contributed by atoms with van der Waals surface area (Å²) in [6.45, 7) is 0. The Morgan fingerprint density at radius 2 is 2.11 bits per heavy atom. The first-order valence-corrected chi connectivity index (χ1v) is 6.38. The van der Waals surface area contributed by atoms with Crippen LogP contribution in [0.25, 0.3) is 0 Å². The standard InChI is InChI=1S/C13H18ClN3O/c1-17(2)13(18)11-4-3-8(14)5-12(11)16-10-6-9(15)7-10/h3-5,9-10,16H,6-7,15H2,1-2H3. The van der Waals surface area contributed by atoms with Crippen LogP contribution < -0.4 is 11.1 Å². The molecule has 0 radical (unpaired) electrons. The molecule has 98 valence electrons.